The van der Waals surface area contributed by atoms with Gasteiger partial charge < -0.3 is 9.73 Å². The summed E-state index contributed by atoms with van der Waals surface area (Å²) in [5, 5.41) is 2.72. The van der Waals surface area contributed by atoms with Gasteiger partial charge in [0, 0.05) is 18.0 Å². The fourth-order valence-corrected chi connectivity index (χ4v) is 1.95. The summed E-state index contributed by atoms with van der Waals surface area (Å²) in [5.74, 6) is -0.468. The molecule has 0 saturated carbocycles. The van der Waals surface area contributed by atoms with Crippen LogP contribution in [-0.4, -0.2) is 7.05 Å². The van der Waals surface area contributed by atoms with E-state index in [-0.39, 0.29) is 16.6 Å². The molecule has 1 unspecified atom stereocenters. The summed E-state index contributed by atoms with van der Waals surface area (Å²) in [6.07, 6.45) is 1.97. The molecule has 0 bridgehead atoms. The molecule has 0 aliphatic heterocycles. The number of furan rings is 1. The Morgan fingerprint density at radius 3 is 2.72 bits per heavy atom. The minimum Gasteiger partial charge on any atom is -0.469 e. The van der Waals surface area contributed by atoms with E-state index in [9.17, 15) is 8.78 Å². The Morgan fingerprint density at radius 1 is 1.33 bits per heavy atom. The van der Waals surface area contributed by atoms with E-state index in [4.69, 9.17) is 16.0 Å². The third-order valence-electron chi connectivity index (χ3n) is 2.75. The van der Waals surface area contributed by atoms with Crippen molar-refractivity contribution in [3.63, 3.8) is 0 Å². The van der Waals surface area contributed by atoms with E-state index in [1.165, 1.54) is 0 Å². The Balaban J connectivity index is 2.30. The summed E-state index contributed by atoms with van der Waals surface area (Å²) in [6.45, 7) is 0. The third kappa shape index (κ3) is 2.71. The van der Waals surface area contributed by atoms with E-state index < -0.39 is 11.6 Å². The zero-order valence-corrected chi connectivity index (χ0v) is 10.5. The monoisotopic (exact) mass is 271 g/mol. The van der Waals surface area contributed by atoms with Crippen molar-refractivity contribution in [2.75, 3.05) is 7.05 Å². The van der Waals surface area contributed by atoms with E-state index in [1.807, 2.05) is 0 Å². The summed E-state index contributed by atoms with van der Waals surface area (Å²) in [7, 11) is 1.68. The number of benzene rings is 1. The smallest absolute Gasteiger partial charge is 0.142 e. The van der Waals surface area contributed by atoms with Gasteiger partial charge in [-0.25, -0.2) is 8.78 Å². The fraction of sp³-hybridized carbons (Fsp3) is 0.231. The molecule has 96 valence electrons. The molecule has 0 aliphatic carbocycles. The van der Waals surface area contributed by atoms with Crippen LogP contribution in [-0.2, 0) is 6.42 Å². The van der Waals surface area contributed by atoms with E-state index in [1.54, 1.807) is 25.4 Å². The van der Waals surface area contributed by atoms with Gasteiger partial charge in [0.2, 0.25) is 0 Å². The molecule has 1 atom stereocenters. The highest BCUT2D eigenvalue weighted by Gasteiger charge is 2.18. The molecule has 0 aliphatic rings. The van der Waals surface area contributed by atoms with Gasteiger partial charge in [-0.15, -0.1) is 0 Å². The number of nitrogens with one attached hydrogen (secondary N) is 1. The molecular weight excluding hydrogens is 260 g/mol. The van der Waals surface area contributed by atoms with E-state index in [0.29, 0.717) is 12.2 Å². The molecule has 0 radical (unpaired) electrons. The molecule has 2 aromatic rings. The second-order valence-corrected chi connectivity index (χ2v) is 4.32. The Labute approximate surface area is 109 Å². The van der Waals surface area contributed by atoms with Gasteiger partial charge in [-0.05, 0) is 31.3 Å². The number of halogens is 3. The molecule has 1 heterocycles. The van der Waals surface area contributed by atoms with Crippen LogP contribution in [0.15, 0.2) is 34.9 Å². The number of hydrogen-bond acceptors (Lipinski definition) is 2. The Morgan fingerprint density at radius 2 is 2.11 bits per heavy atom. The van der Waals surface area contributed by atoms with Crippen LogP contribution in [0.4, 0.5) is 8.78 Å². The summed E-state index contributed by atoms with van der Waals surface area (Å²) in [5.41, 5.74) is 0.232. The zero-order valence-electron chi connectivity index (χ0n) is 9.71. The van der Waals surface area contributed by atoms with E-state index >= 15 is 0 Å². The topological polar surface area (TPSA) is 25.2 Å². The average Bonchev–Trinajstić information content (AvgIpc) is 2.84. The highest BCUT2D eigenvalue weighted by atomic mass is 35.5. The molecule has 1 N–H and O–H groups in total. The van der Waals surface area contributed by atoms with Crippen LogP contribution in [0.3, 0.4) is 0 Å². The van der Waals surface area contributed by atoms with Gasteiger partial charge in [-0.3, -0.25) is 0 Å². The van der Waals surface area contributed by atoms with Crippen molar-refractivity contribution in [1.82, 2.24) is 5.32 Å². The lowest BCUT2D eigenvalue weighted by Crippen LogP contribution is -2.20. The zero-order chi connectivity index (χ0) is 13.1. The number of rotatable bonds is 4. The maximum Gasteiger partial charge on any atom is 0.142 e. The Hall–Kier alpha value is -1.39. The summed E-state index contributed by atoms with van der Waals surface area (Å²) < 4.78 is 32.4. The lowest BCUT2D eigenvalue weighted by Gasteiger charge is -2.16. The predicted molar refractivity (Wildman–Crippen MR) is 65.6 cm³/mol. The molecule has 0 saturated heterocycles. The minimum atomic E-state index is -0.632. The maximum absolute atomic E-state index is 13.8. The Kier molecular flexibility index (Phi) is 3.99. The minimum absolute atomic E-state index is 0.218. The second kappa shape index (κ2) is 5.50. The maximum atomic E-state index is 13.8. The largest absolute Gasteiger partial charge is 0.469 e. The van der Waals surface area contributed by atoms with Crippen molar-refractivity contribution < 1.29 is 13.2 Å². The summed E-state index contributed by atoms with van der Waals surface area (Å²) >= 11 is 5.52. The van der Waals surface area contributed by atoms with Gasteiger partial charge in [0.1, 0.15) is 17.4 Å². The van der Waals surface area contributed by atoms with Gasteiger partial charge in [0.05, 0.1) is 11.3 Å². The average molecular weight is 272 g/mol. The molecule has 0 spiro atoms. The molecule has 0 fully saturated rings. The first-order valence-electron chi connectivity index (χ1n) is 5.46. The molecule has 5 heteroatoms. The molecule has 2 nitrogen and oxygen atoms in total. The van der Waals surface area contributed by atoms with Crippen molar-refractivity contribution in [3.05, 3.63) is 58.5 Å². The second-order valence-electron chi connectivity index (χ2n) is 3.91. The number of likely N-dealkylation sites (N-methyl/N-ethyl adjacent to an activating group) is 1. The molecule has 0 amide bonds. The Bertz CT molecular complexity index is 528. The summed E-state index contributed by atoms with van der Waals surface area (Å²) in [6, 6.07) is 5.26. The van der Waals surface area contributed by atoms with Crippen LogP contribution in [0.2, 0.25) is 5.02 Å². The van der Waals surface area contributed by atoms with Crippen molar-refractivity contribution in [2.24, 2.45) is 0 Å². The highest BCUT2D eigenvalue weighted by Crippen LogP contribution is 2.26. The molecule has 2 rings (SSSR count). The lowest BCUT2D eigenvalue weighted by atomic mass is 10.0. The van der Waals surface area contributed by atoms with Crippen LogP contribution in [0.5, 0.6) is 0 Å². The standard InChI is InChI=1S/C13H12ClF2NO/c1-17-13(5-8-3-2-4-18-8)9-6-12(16)10(14)7-11(9)15/h2-4,6-7,13,17H,5H2,1H3. The van der Waals surface area contributed by atoms with Crippen LogP contribution in [0.25, 0.3) is 0 Å². The van der Waals surface area contributed by atoms with Crippen LogP contribution in [0.1, 0.15) is 17.4 Å². The quantitative estimate of drug-likeness (QED) is 0.858. The van der Waals surface area contributed by atoms with Crippen molar-refractivity contribution in [3.8, 4) is 0 Å². The third-order valence-corrected chi connectivity index (χ3v) is 3.04. The van der Waals surface area contributed by atoms with Gasteiger partial charge in [0.25, 0.3) is 0 Å². The molecule has 18 heavy (non-hydrogen) atoms. The summed E-state index contributed by atoms with van der Waals surface area (Å²) in [4.78, 5) is 0. The van der Waals surface area contributed by atoms with Crippen molar-refractivity contribution in [2.45, 2.75) is 12.5 Å². The fourth-order valence-electron chi connectivity index (χ4n) is 1.80. The van der Waals surface area contributed by atoms with Crippen LogP contribution < -0.4 is 5.32 Å². The van der Waals surface area contributed by atoms with Gasteiger partial charge >= 0.3 is 0 Å². The van der Waals surface area contributed by atoms with Crippen molar-refractivity contribution in [1.29, 1.82) is 0 Å². The van der Waals surface area contributed by atoms with Crippen LogP contribution in [0, 0.1) is 11.6 Å². The highest BCUT2D eigenvalue weighted by molar-refractivity contribution is 6.30. The first-order chi connectivity index (χ1) is 8.61. The first-order valence-corrected chi connectivity index (χ1v) is 5.83. The van der Waals surface area contributed by atoms with E-state index in [0.717, 1.165) is 12.1 Å². The van der Waals surface area contributed by atoms with Crippen LogP contribution >= 0.6 is 11.6 Å². The van der Waals surface area contributed by atoms with Gasteiger partial charge in [0.15, 0.2) is 0 Å². The molecule has 1 aromatic carbocycles. The molecular formula is C13H12ClF2NO. The van der Waals surface area contributed by atoms with Gasteiger partial charge in [-0.1, -0.05) is 11.6 Å². The van der Waals surface area contributed by atoms with Crippen molar-refractivity contribution >= 4 is 11.6 Å². The normalized spacial score (nSPS) is 12.7. The predicted octanol–water partition coefficient (Wildman–Crippen LogP) is 3.71. The SMILES string of the molecule is CNC(Cc1ccco1)c1cc(F)c(Cl)cc1F. The molecule has 1 aromatic heterocycles. The van der Waals surface area contributed by atoms with E-state index in [2.05, 4.69) is 5.32 Å². The lowest BCUT2D eigenvalue weighted by molar-refractivity contribution is 0.453. The number of hydrogen-bond donors (Lipinski definition) is 1. The first kappa shape index (κ1) is 13.1. The van der Waals surface area contributed by atoms with Gasteiger partial charge in [-0.2, -0.15) is 0 Å².